The first-order valence-corrected chi connectivity index (χ1v) is 7.88. The fourth-order valence-corrected chi connectivity index (χ4v) is 3.72. The second-order valence-corrected chi connectivity index (χ2v) is 6.75. The molecular weight excluding hydrogens is 346 g/mol. The fraction of sp³-hybridized carbons (Fsp3) is 0. The lowest BCUT2D eigenvalue weighted by Crippen LogP contribution is -2.33. The normalized spacial score (nSPS) is 11.8. The van der Waals surface area contributed by atoms with Crippen LogP contribution in [-0.4, -0.2) is 23.3 Å². The van der Waals surface area contributed by atoms with Crippen LogP contribution in [0.25, 0.3) is 10.9 Å². The van der Waals surface area contributed by atoms with Crippen molar-refractivity contribution < 1.29 is 22.4 Å². The number of nitrogens with one attached hydrogen (secondary N) is 1. The molecule has 1 aromatic heterocycles. The highest BCUT2D eigenvalue weighted by Gasteiger charge is 2.24. The van der Waals surface area contributed by atoms with Crippen LogP contribution in [0.4, 0.5) is 8.78 Å². The minimum absolute atomic E-state index is 0.208. The number of benzene rings is 2. The third-order valence-corrected chi connectivity index (χ3v) is 5.08. The summed E-state index contributed by atoms with van der Waals surface area (Å²) in [7, 11) is -4.44. The fourth-order valence-electron chi connectivity index (χ4n) is 2.24. The molecule has 2 N–H and O–H groups in total. The summed E-state index contributed by atoms with van der Waals surface area (Å²) in [5.41, 5.74) is -2.75. The first kappa shape index (κ1) is 15.9. The summed E-state index contributed by atoms with van der Waals surface area (Å²) in [6, 6.07) is 5.19. The molecule has 2 aromatic carbocycles. The Morgan fingerprint density at radius 3 is 2.29 bits per heavy atom. The lowest BCUT2D eigenvalue weighted by Gasteiger charge is -2.08. The van der Waals surface area contributed by atoms with Gasteiger partial charge in [-0.1, -0.05) is 10.8 Å². The number of sulfone groups is 1. The van der Waals surface area contributed by atoms with E-state index in [0.29, 0.717) is 18.2 Å². The molecule has 3 aromatic rings. The Hall–Kier alpha value is -3.01. The number of aromatic nitrogens is 2. The third-order valence-electron chi connectivity index (χ3n) is 3.31. The van der Waals surface area contributed by atoms with Gasteiger partial charge in [-0.05, 0) is 24.3 Å². The van der Waals surface area contributed by atoms with E-state index in [9.17, 15) is 32.0 Å². The van der Waals surface area contributed by atoms with Crippen molar-refractivity contribution in [2.45, 2.75) is 9.79 Å². The number of hydrogen-bond acceptors (Lipinski definition) is 5. The lowest BCUT2D eigenvalue weighted by atomic mass is 10.2. The topological polar surface area (TPSA) is 109 Å². The monoisotopic (exact) mass is 354 g/mol. The molecule has 0 atom stereocenters. The van der Waals surface area contributed by atoms with Gasteiger partial charge >= 0.3 is 5.69 Å². The number of halogens is 2. The van der Waals surface area contributed by atoms with E-state index in [2.05, 4.69) is 4.98 Å². The van der Waals surface area contributed by atoms with Gasteiger partial charge in [0, 0.05) is 6.07 Å². The Bertz CT molecular complexity index is 1180. The van der Waals surface area contributed by atoms with Crippen LogP contribution < -0.4 is 11.2 Å². The van der Waals surface area contributed by atoms with Gasteiger partial charge in [-0.3, -0.25) is 4.79 Å². The summed E-state index contributed by atoms with van der Waals surface area (Å²) in [6.45, 7) is 0. The van der Waals surface area contributed by atoms with Gasteiger partial charge < -0.3 is 10.2 Å². The highest BCUT2D eigenvalue weighted by atomic mass is 32.2. The van der Waals surface area contributed by atoms with Gasteiger partial charge in [-0.2, -0.15) is 0 Å². The van der Waals surface area contributed by atoms with Crippen LogP contribution in [0.15, 0.2) is 55.8 Å². The van der Waals surface area contributed by atoms with Gasteiger partial charge in [0.05, 0.1) is 20.7 Å². The molecule has 1 heterocycles. The van der Waals surface area contributed by atoms with Crippen LogP contribution in [0.2, 0.25) is 0 Å². The minimum atomic E-state index is -4.44. The number of hydrogen-bond donors (Lipinski definition) is 2. The summed E-state index contributed by atoms with van der Waals surface area (Å²) in [5.74, 6) is -2.19. The molecule has 0 amide bonds. The van der Waals surface area contributed by atoms with Crippen LogP contribution in [0.5, 0.6) is 0 Å². The largest absolute Gasteiger partial charge is 0.421 e. The van der Waals surface area contributed by atoms with E-state index >= 15 is 0 Å². The van der Waals surface area contributed by atoms with Crippen molar-refractivity contribution in [2.24, 2.45) is 0 Å². The van der Waals surface area contributed by atoms with Gasteiger partial charge in [0.25, 0.3) is 5.56 Å². The molecule has 0 aliphatic carbocycles. The number of aromatic amines is 1. The summed E-state index contributed by atoms with van der Waals surface area (Å²) < 4.78 is 51.7. The molecule has 3 rings (SSSR count). The molecule has 10 heteroatoms. The molecule has 0 bridgehead atoms. The van der Waals surface area contributed by atoms with Crippen molar-refractivity contribution in [3.63, 3.8) is 0 Å². The van der Waals surface area contributed by atoms with E-state index in [0.717, 1.165) is 6.07 Å². The molecule has 7 nitrogen and oxygen atoms in total. The van der Waals surface area contributed by atoms with Gasteiger partial charge in [-0.25, -0.2) is 22.0 Å². The second-order valence-electron chi connectivity index (χ2n) is 4.83. The molecule has 0 spiro atoms. The van der Waals surface area contributed by atoms with E-state index in [-0.39, 0.29) is 15.6 Å². The maximum Gasteiger partial charge on any atom is 0.362 e. The van der Waals surface area contributed by atoms with Crippen molar-refractivity contribution in [3.05, 3.63) is 68.9 Å². The number of fused-ring (bicyclic) bond motifs is 1. The minimum Gasteiger partial charge on any atom is -0.421 e. The summed E-state index contributed by atoms with van der Waals surface area (Å²) in [6.07, 6.45) is 0. The van der Waals surface area contributed by atoms with Crippen molar-refractivity contribution >= 4 is 20.7 Å². The van der Waals surface area contributed by atoms with E-state index in [1.54, 1.807) is 0 Å². The van der Waals surface area contributed by atoms with E-state index < -0.39 is 42.5 Å². The van der Waals surface area contributed by atoms with Crippen LogP contribution >= 0.6 is 0 Å². The van der Waals surface area contributed by atoms with E-state index in [1.807, 2.05) is 0 Å². The predicted molar refractivity (Wildman–Crippen MR) is 77.8 cm³/mol. The smallest absolute Gasteiger partial charge is 0.362 e. The maximum absolute atomic E-state index is 13.3. The highest BCUT2D eigenvalue weighted by molar-refractivity contribution is 7.91. The van der Waals surface area contributed by atoms with Crippen LogP contribution in [0, 0.1) is 11.6 Å². The number of para-hydroxylation sites is 1. The van der Waals surface area contributed by atoms with Crippen molar-refractivity contribution in [3.8, 4) is 0 Å². The SMILES string of the molecule is O=c1[nH]c2c(S(=O)(=O)c3cc(F)cc(F)c3)cccc2c(=O)n1O. The zero-order chi connectivity index (χ0) is 17.6. The molecule has 0 unspecified atom stereocenters. The van der Waals surface area contributed by atoms with Gasteiger partial charge in [0.15, 0.2) is 0 Å². The Morgan fingerprint density at radius 1 is 1.04 bits per heavy atom. The average molecular weight is 354 g/mol. The first-order valence-electron chi connectivity index (χ1n) is 6.40. The average Bonchev–Trinajstić information content (AvgIpc) is 2.51. The molecule has 0 aliphatic heterocycles. The van der Waals surface area contributed by atoms with Crippen LogP contribution in [-0.2, 0) is 9.84 Å². The van der Waals surface area contributed by atoms with E-state index in [4.69, 9.17) is 0 Å². The summed E-state index contributed by atoms with van der Waals surface area (Å²) in [4.78, 5) is 24.2. The number of nitrogens with zero attached hydrogens (tertiary/aromatic N) is 1. The van der Waals surface area contributed by atoms with Crippen molar-refractivity contribution in [2.75, 3.05) is 0 Å². The molecular formula is C14H8F2N2O5S. The second kappa shape index (κ2) is 5.27. The van der Waals surface area contributed by atoms with Gasteiger partial charge in [0.2, 0.25) is 9.84 Å². The van der Waals surface area contributed by atoms with Crippen LogP contribution in [0.3, 0.4) is 0 Å². The molecule has 0 aliphatic rings. The van der Waals surface area contributed by atoms with Crippen LogP contribution in [0.1, 0.15) is 0 Å². The standard InChI is InChI=1S/C14H8F2N2O5S/c15-7-4-8(16)6-9(5-7)24(22,23)11-3-1-2-10-12(11)17-14(20)18(21)13(10)19/h1-6,21H,(H,17,20). The van der Waals surface area contributed by atoms with Crippen molar-refractivity contribution in [1.29, 1.82) is 0 Å². The Morgan fingerprint density at radius 2 is 1.67 bits per heavy atom. The summed E-state index contributed by atoms with van der Waals surface area (Å²) >= 11 is 0. The van der Waals surface area contributed by atoms with Crippen molar-refractivity contribution in [1.82, 2.24) is 9.71 Å². The quantitative estimate of drug-likeness (QED) is 0.668. The molecule has 124 valence electrons. The molecule has 0 fully saturated rings. The first-order chi connectivity index (χ1) is 11.2. The van der Waals surface area contributed by atoms with Gasteiger partial charge in [0.1, 0.15) is 11.6 Å². The third kappa shape index (κ3) is 2.36. The molecule has 0 saturated carbocycles. The van der Waals surface area contributed by atoms with Gasteiger partial charge in [-0.15, -0.1) is 0 Å². The zero-order valence-electron chi connectivity index (χ0n) is 11.7. The number of rotatable bonds is 2. The lowest BCUT2D eigenvalue weighted by molar-refractivity contribution is 0.162. The summed E-state index contributed by atoms with van der Waals surface area (Å²) in [5, 5.41) is 9.02. The Balaban J connectivity index is 2.41. The Kier molecular flexibility index (Phi) is 3.48. The Labute approximate surface area is 132 Å². The zero-order valence-corrected chi connectivity index (χ0v) is 12.5. The van der Waals surface area contributed by atoms with E-state index in [1.165, 1.54) is 12.1 Å². The molecule has 0 radical (unpaired) electrons. The molecule has 24 heavy (non-hydrogen) atoms. The predicted octanol–water partition coefficient (Wildman–Crippen LogP) is 1.04. The molecule has 0 saturated heterocycles. The maximum atomic E-state index is 13.3. The highest BCUT2D eigenvalue weighted by Crippen LogP contribution is 2.26. The number of H-pyrrole nitrogens is 1.